The lowest BCUT2D eigenvalue weighted by atomic mass is 10.0. The van der Waals surface area contributed by atoms with Crippen LogP contribution in [0.15, 0.2) is 42.6 Å². The van der Waals surface area contributed by atoms with Crippen molar-refractivity contribution in [1.82, 2.24) is 15.0 Å². The second-order valence-corrected chi connectivity index (χ2v) is 6.19. The molecule has 6 N–H and O–H groups in total. The number of carbonyl (C=O) groups is 1. The van der Waals surface area contributed by atoms with Crippen LogP contribution in [0.5, 0.6) is 5.75 Å². The molecule has 0 fully saturated rings. The number of nitrogens with zero attached hydrogens (tertiary/aromatic N) is 3. The summed E-state index contributed by atoms with van der Waals surface area (Å²) in [7, 11) is 1.47. The predicted octanol–water partition coefficient (Wildman–Crippen LogP) is 1.38. The topological polar surface area (TPSA) is 135 Å². The van der Waals surface area contributed by atoms with E-state index in [-0.39, 0.29) is 11.3 Å². The number of aryl methyl sites for hydroxylation is 2. The van der Waals surface area contributed by atoms with Crippen molar-refractivity contribution in [3.63, 3.8) is 0 Å². The Kier molecular flexibility index (Phi) is 5.25. The highest BCUT2D eigenvalue weighted by Crippen LogP contribution is 2.35. The lowest BCUT2D eigenvalue weighted by Crippen LogP contribution is -2.16. The minimum atomic E-state index is -0.657. The summed E-state index contributed by atoms with van der Waals surface area (Å²) < 4.78 is 7.15. The van der Waals surface area contributed by atoms with Crippen molar-refractivity contribution >= 4 is 17.3 Å². The number of carbonyl (C=O) groups excluding carboxylic acids is 1. The quantitative estimate of drug-likeness (QED) is 0.541. The van der Waals surface area contributed by atoms with Crippen LogP contribution >= 0.6 is 0 Å². The SMILES string of the molecule is COc1c(N)c(C(N)=O)cc(N)c1Cc1cn(CCc2ccccc2)nn1. The van der Waals surface area contributed by atoms with Crippen LogP contribution in [0, 0.1) is 0 Å². The second kappa shape index (κ2) is 7.77. The zero-order valence-corrected chi connectivity index (χ0v) is 15.1. The van der Waals surface area contributed by atoms with Gasteiger partial charge in [-0.05, 0) is 18.1 Å². The second-order valence-electron chi connectivity index (χ2n) is 6.19. The Balaban J connectivity index is 1.79. The summed E-state index contributed by atoms with van der Waals surface area (Å²) in [6.07, 6.45) is 3.10. The highest BCUT2D eigenvalue weighted by molar-refractivity contribution is 6.01. The molecule has 0 saturated carbocycles. The molecule has 27 heavy (non-hydrogen) atoms. The van der Waals surface area contributed by atoms with Gasteiger partial charge >= 0.3 is 0 Å². The van der Waals surface area contributed by atoms with Crippen molar-refractivity contribution in [3.05, 3.63) is 65.0 Å². The smallest absolute Gasteiger partial charge is 0.251 e. The van der Waals surface area contributed by atoms with Crippen molar-refractivity contribution in [2.75, 3.05) is 18.6 Å². The van der Waals surface area contributed by atoms with Gasteiger partial charge in [0.05, 0.1) is 24.1 Å². The standard InChI is InChI=1S/C19H22N6O2/c1-27-18-14(16(20)10-15(17(18)21)19(22)26)9-13-11-25(24-23-13)8-7-12-5-3-2-4-6-12/h2-6,10-11H,7-9,20-21H2,1H3,(H2,22,26). The average molecular weight is 366 g/mol. The third-order valence-corrected chi connectivity index (χ3v) is 4.34. The summed E-state index contributed by atoms with van der Waals surface area (Å²) in [6, 6.07) is 11.6. The molecule has 0 unspecified atom stereocenters. The fourth-order valence-electron chi connectivity index (χ4n) is 2.95. The molecule has 1 heterocycles. The molecule has 0 aliphatic carbocycles. The van der Waals surface area contributed by atoms with E-state index in [9.17, 15) is 4.79 Å². The Bertz CT molecular complexity index is 952. The number of benzene rings is 2. The fraction of sp³-hybridized carbons (Fsp3) is 0.211. The van der Waals surface area contributed by atoms with E-state index in [1.807, 2.05) is 24.4 Å². The third kappa shape index (κ3) is 4.00. The Morgan fingerprint density at radius 3 is 2.63 bits per heavy atom. The Morgan fingerprint density at radius 2 is 1.96 bits per heavy atom. The Labute approximate surface area is 156 Å². The van der Waals surface area contributed by atoms with E-state index in [1.54, 1.807) is 4.68 Å². The maximum absolute atomic E-state index is 11.5. The van der Waals surface area contributed by atoms with Crippen LogP contribution in [-0.4, -0.2) is 28.0 Å². The minimum Gasteiger partial charge on any atom is -0.494 e. The summed E-state index contributed by atoms with van der Waals surface area (Å²) in [4.78, 5) is 11.5. The number of nitrogens with two attached hydrogens (primary N) is 3. The van der Waals surface area contributed by atoms with Gasteiger partial charge in [-0.3, -0.25) is 9.48 Å². The number of hydrogen-bond acceptors (Lipinski definition) is 6. The molecular weight excluding hydrogens is 344 g/mol. The number of nitrogen functional groups attached to an aromatic ring is 2. The Hall–Kier alpha value is -3.55. The first-order chi connectivity index (χ1) is 13.0. The first-order valence-electron chi connectivity index (χ1n) is 8.47. The number of ether oxygens (including phenoxy) is 1. The minimum absolute atomic E-state index is 0.139. The first-order valence-corrected chi connectivity index (χ1v) is 8.47. The number of primary amides is 1. The molecule has 140 valence electrons. The van der Waals surface area contributed by atoms with Gasteiger partial charge in [0.15, 0.2) is 0 Å². The van der Waals surface area contributed by atoms with E-state index in [2.05, 4.69) is 22.4 Å². The lowest BCUT2D eigenvalue weighted by Gasteiger charge is -2.15. The van der Waals surface area contributed by atoms with Gasteiger partial charge < -0.3 is 21.9 Å². The van der Waals surface area contributed by atoms with Gasteiger partial charge in [0, 0.05) is 30.4 Å². The summed E-state index contributed by atoms with van der Waals surface area (Å²) >= 11 is 0. The van der Waals surface area contributed by atoms with Gasteiger partial charge in [-0.1, -0.05) is 35.5 Å². The van der Waals surface area contributed by atoms with Crippen molar-refractivity contribution < 1.29 is 9.53 Å². The van der Waals surface area contributed by atoms with Crippen molar-refractivity contribution in [2.45, 2.75) is 19.4 Å². The van der Waals surface area contributed by atoms with Crippen LogP contribution in [0.4, 0.5) is 11.4 Å². The van der Waals surface area contributed by atoms with Crippen LogP contribution in [-0.2, 0) is 19.4 Å². The lowest BCUT2D eigenvalue weighted by molar-refractivity contribution is 0.100. The molecule has 0 saturated heterocycles. The zero-order valence-electron chi connectivity index (χ0n) is 15.1. The highest BCUT2D eigenvalue weighted by Gasteiger charge is 2.19. The van der Waals surface area contributed by atoms with Crippen LogP contribution in [0.3, 0.4) is 0 Å². The summed E-state index contributed by atoms with van der Waals surface area (Å²) in [5, 5.41) is 8.36. The maximum atomic E-state index is 11.5. The molecule has 3 rings (SSSR count). The first kappa shape index (κ1) is 18.2. The molecule has 2 aromatic carbocycles. The molecule has 8 nitrogen and oxygen atoms in total. The molecule has 0 aliphatic heterocycles. The maximum Gasteiger partial charge on any atom is 0.251 e. The van der Waals surface area contributed by atoms with Gasteiger partial charge in [0.25, 0.3) is 5.91 Å². The number of amides is 1. The molecule has 3 aromatic rings. The molecule has 0 aliphatic rings. The number of aromatic nitrogens is 3. The normalized spacial score (nSPS) is 10.7. The number of hydrogen-bond donors (Lipinski definition) is 3. The molecule has 8 heteroatoms. The molecule has 0 radical (unpaired) electrons. The van der Waals surface area contributed by atoms with Crippen LogP contribution in [0.25, 0.3) is 0 Å². The third-order valence-electron chi connectivity index (χ3n) is 4.34. The predicted molar refractivity (Wildman–Crippen MR) is 103 cm³/mol. The average Bonchev–Trinajstić information content (AvgIpc) is 3.11. The number of methoxy groups -OCH3 is 1. The molecule has 0 bridgehead atoms. The van der Waals surface area contributed by atoms with Gasteiger partial charge in [-0.2, -0.15) is 0 Å². The summed E-state index contributed by atoms with van der Waals surface area (Å²) in [5.74, 6) is -0.321. The van der Waals surface area contributed by atoms with Gasteiger partial charge in [-0.25, -0.2) is 0 Å². The Morgan fingerprint density at radius 1 is 1.22 bits per heavy atom. The van der Waals surface area contributed by atoms with Crippen LogP contribution in [0.2, 0.25) is 0 Å². The van der Waals surface area contributed by atoms with E-state index in [0.29, 0.717) is 30.0 Å². The molecule has 1 amide bonds. The summed E-state index contributed by atoms with van der Waals surface area (Å²) in [5.41, 5.74) is 20.7. The van der Waals surface area contributed by atoms with Gasteiger partial charge in [0.2, 0.25) is 0 Å². The number of rotatable bonds is 7. The van der Waals surface area contributed by atoms with E-state index in [1.165, 1.54) is 18.7 Å². The molecule has 1 aromatic heterocycles. The monoisotopic (exact) mass is 366 g/mol. The molecular formula is C19H22N6O2. The van der Waals surface area contributed by atoms with E-state index < -0.39 is 5.91 Å². The van der Waals surface area contributed by atoms with E-state index >= 15 is 0 Å². The van der Waals surface area contributed by atoms with E-state index in [4.69, 9.17) is 21.9 Å². The van der Waals surface area contributed by atoms with Crippen molar-refractivity contribution in [1.29, 1.82) is 0 Å². The van der Waals surface area contributed by atoms with Gasteiger partial charge in [0.1, 0.15) is 5.75 Å². The molecule has 0 atom stereocenters. The number of anilines is 2. The highest BCUT2D eigenvalue weighted by atomic mass is 16.5. The van der Waals surface area contributed by atoms with Gasteiger partial charge in [-0.15, -0.1) is 5.10 Å². The fourth-order valence-corrected chi connectivity index (χ4v) is 2.95. The van der Waals surface area contributed by atoms with Crippen molar-refractivity contribution in [3.8, 4) is 5.75 Å². The molecule has 0 spiro atoms. The summed E-state index contributed by atoms with van der Waals surface area (Å²) in [6.45, 7) is 0.715. The van der Waals surface area contributed by atoms with Crippen molar-refractivity contribution in [2.24, 2.45) is 5.73 Å². The van der Waals surface area contributed by atoms with E-state index in [0.717, 1.165) is 12.1 Å². The zero-order chi connectivity index (χ0) is 19.4. The largest absolute Gasteiger partial charge is 0.494 e. The van der Waals surface area contributed by atoms with Crippen LogP contribution in [0.1, 0.15) is 27.2 Å². The van der Waals surface area contributed by atoms with Crippen LogP contribution < -0.4 is 21.9 Å².